The van der Waals surface area contributed by atoms with E-state index in [2.05, 4.69) is 46.2 Å². The van der Waals surface area contributed by atoms with Gasteiger partial charge in [-0.25, -0.2) is 0 Å². The van der Waals surface area contributed by atoms with Gasteiger partial charge in [0.1, 0.15) is 8.64 Å². The van der Waals surface area contributed by atoms with Crippen LogP contribution in [0, 0.1) is 0 Å². The maximum atomic E-state index is 5.77. The summed E-state index contributed by atoms with van der Waals surface area (Å²) in [7, 11) is 7.08. The first-order valence-electron chi connectivity index (χ1n) is 11.5. The molecule has 0 bridgehead atoms. The molecule has 4 rings (SSSR count). The van der Waals surface area contributed by atoms with E-state index in [-0.39, 0.29) is 0 Å². The first-order chi connectivity index (χ1) is 15.7. The zero-order chi connectivity index (χ0) is 22.2. The molecule has 0 radical (unpaired) electrons. The second-order valence-electron chi connectivity index (χ2n) is 8.28. The molecule has 0 aromatic heterocycles. The summed E-state index contributed by atoms with van der Waals surface area (Å²) in [5.41, 5.74) is 0. The van der Waals surface area contributed by atoms with Crippen molar-refractivity contribution in [3.8, 4) is 0 Å². The molecule has 0 atom stereocenters. The Kier molecular flexibility index (Phi) is 10.2. The smallest absolute Gasteiger partial charge is 0.147 e. The van der Waals surface area contributed by atoms with Crippen molar-refractivity contribution in [1.82, 2.24) is 9.80 Å². The van der Waals surface area contributed by atoms with Crippen molar-refractivity contribution in [2.24, 2.45) is 0 Å². The molecule has 2 heterocycles. The monoisotopic (exact) mass is 538 g/mol. The molecule has 2 nitrogen and oxygen atoms in total. The van der Waals surface area contributed by atoms with E-state index in [9.17, 15) is 0 Å². The fourth-order valence-corrected chi connectivity index (χ4v) is 9.29. The van der Waals surface area contributed by atoms with Gasteiger partial charge in [-0.1, -0.05) is 74.4 Å². The van der Waals surface area contributed by atoms with Crippen molar-refractivity contribution >= 4 is 87.0 Å². The third-order valence-corrected chi connectivity index (χ3v) is 12.2. The molecule has 32 heavy (non-hydrogen) atoms. The van der Waals surface area contributed by atoms with Gasteiger partial charge in [0.05, 0.1) is 0 Å². The van der Waals surface area contributed by atoms with Crippen LogP contribution >= 0.6 is 67.6 Å². The minimum Gasteiger partial charge on any atom is -0.357 e. The van der Waals surface area contributed by atoms with Crippen molar-refractivity contribution in [2.45, 2.75) is 61.2 Å². The number of likely N-dealkylation sites (tertiary alicyclic amines) is 2. The van der Waals surface area contributed by atoms with E-state index in [1.807, 2.05) is 0 Å². The molecule has 0 aliphatic carbocycles. The lowest BCUT2D eigenvalue weighted by molar-refractivity contribution is 0.450. The molecule has 0 saturated carbocycles. The van der Waals surface area contributed by atoms with Crippen molar-refractivity contribution < 1.29 is 0 Å². The van der Waals surface area contributed by atoms with Crippen LogP contribution in [0.3, 0.4) is 0 Å². The number of nitrogens with zero attached hydrogens (tertiary/aromatic N) is 2. The number of fused-ring (bicyclic) bond motifs is 1. The zero-order valence-electron chi connectivity index (χ0n) is 18.3. The molecule has 0 N–H and O–H groups in total. The predicted octanol–water partition coefficient (Wildman–Crippen LogP) is 8.64. The van der Waals surface area contributed by atoms with Gasteiger partial charge in [0, 0.05) is 36.0 Å². The number of benzene rings is 2. The Labute approximate surface area is 219 Å². The van der Waals surface area contributed by atoms with Gasteiger partial charge in [0.2, 0.25) is 0 Å². The van der Waals surface area contributed by atoms with E-state index in [0.29, 0.717) is 0 Å². The van der Waals surface area contributed by atoms with Gasteiger partial charge in [-0.2, -0.15) is 0 Å². The number of hydrogen-bond acceptors (Lipinski definition) is 6. The summed E-state index contributed by atoms with van der Waals surface area (Å²) in [6, 6.07) is 13.2. The highest BCUT2D eigenvalue weighted by atomic mass is 33.1. The van der Waals surface area contributed by atoms with E-state index in [1.165, 1.54) is 71.9 Å². The first-order valence-corrected chi connectivity index (χ1v) is 16.6. The van der Waals surface area contributed by atoms with Crippen LogP contribution in [0.25, 0.3) is 10.8 Å². The van der Waals surface area contributed by atoms with Crippen LogP contribution in [-0.4, -0.2) is 44.6 Å². The fraction of sp³-hybridized carbons (Fsp3) is 0.500. The summed E-state index contributed by atoms with van der Waals surface area (Å²) in [4.78, 5) is 7.36. The molecule has 0 amide bonds. The number of rotatable bonds is 4. The van der Waals surface area contributed by atoms with Gasteiger partial charge in [0.25, 0.3) is 0 Å². The van der Waals surface area contributed by atoms with E-state index in [1.54, 1.807) is 43.2 Å². The van der Waals surface area contributed by atoms with Crippen LogP contribution in [0.15, 0.2) is 46.2 Å². The van der Waals surface area contributed by atoms with Crippen molar-refractivity contribution in [2.75, 3.05) is 26.2 Å². The summed E-state index contributed by atoms with van der Waals surface area (Å²) in [5, 5.41) is 2.60. The molecule has 2 aliphatic heterocycles. The Morgan fingerprint density at radius 1 is 0.562 bits per heavy atom. The Hall–Kier alpha value is -0.120. The summed E-state index contributed by atoms with van der Waals surface area (Å²) in [5.74, 6) is 0. The quantitative estimate of drug-likeness (QED) is 0.278. The van der Waals surface area contributed by atoms with Gasteiger partial charge in [0.15, 0.2) is 0 Å². The SMILES string of the molecule is S=C(SSc1ccc(SSC(=S)N2CCCCCC2)c2ccccc12)N1CCCCCC1. The van der Waals surface area contributed by atoms with Crippen LogP contribution in [0.2, 0.25) is 0 Å². The number of thiocarbonyl (C=S) groups is 2. The molecule has 2 aromatic carbocycles. The van der Waals surface area contributed by atoms with Gasteiger partial charge in [-0.15, -0.1) is 0 Å². The second kappa shape index (κ2) is 13.1. The van der Waals surface area contributed by atoms with Gasteiger partial charge < -0.3 is 9.80 Å². The van der Waals surface area contributed by atoms with E-state index in [0.717, 1.165) is 34.8 Å². The third-order valence-electron chi connectivity index (χ3n) is 5.98. The molecule has 2 aromatic rings. The lowest BCUT2D eigenvalue weighted by atomic mass is 10.1. The molecule has 172 valence electrons. The van der Waals surface area contributed by atoms with Gasteiger partial charge in [-0.3, -0.25) is 0 Å². The average molecular weight is 539 g/mol. The van der Waals surface area contributed by atoms with Gasteiger partial charge >= 0.3 is 0 Å². The van der Waals surface area contributed by atoms with E-state index in [4.69, 9.17) is 24.4 Å². The van der Waals surface area contributed by atoms with Crippen LogP contribution in [0.1, 0.15) is 51.4 Å². The zero-order valence-corrected chi connectivity index (χ0v) is 23.2. The minimum atomic E-state index is 1.03. The topological polar surface area (TPSA) is 6.48 Å². The van der Waals surface area contributed by atoms with Crippen LogP contribution in [0.5, 0.6) is 0 Å². The Morgan fingerprint density at radius 2 is 0.938 bits per heavy atom. The van der Waals surface area contributed by atoms with E-state index < -0.39 is 0 Å². The van der Waals surface area contributed by atoms with Crippen LogP contribution in [0.4, 0.5) is 0 Å². The lowest BCUT2D eigenvalue weighted by Crippen LogP contribution is -2.27. The predicted molar refractivity (Wildman–Crippen MR) is 156 cm³/mol. The first kappa shape index (κ1) is 25.0. The summed E-state index contributed by atoms with van der Waals surface area (Å²) in [6.07, 6.45) is 10.4. The average Bonchev–Trinajstić information content (AvgIpc) is 3.27. The molecule has 8 heteroatoms. The highest BCUT2D eigenvalue weighted by Crippen LogP contribution is 2.43. The minimum absolute atomic E-state index is 1.03. The highest BCUT2D eigenvalue weighted by Gasteiger charge is 2.16. The largest absolute Gasteiger partial charge is 0.357 e. The maximum Gasteiger partial charge on any atom is 0.147 e. The molecule has 2 saturated heterocycles. The molecule has 2 aliphatic rings. The summed E-state index contributed by atoms with van der Waals surface area (Å²) >= 11 is 11.5. The van der Waals surface area contributed by atoms with Crippen molar-refractivity contribution in [3.05, 3.63) is 36.4 Å². The van der Waals surface area contributed by atoms with Crippen LogP contribution < -0.4 is 0 Å². The lowest BCUT2D eigenvalue weighted by Gasteiger charge is -2.22. The molecule has 0 spiro atoms. The number of hydrogen-bond donors (Lipinski definition) is 0. The van der Waals surface area contributed by atoms with E-state index >= 15 is 0 Å². The highest BCUT2D eigenvalue weighted by molar-refractivity contribution is 8.84. The van der Waals surface area contributed by atoms with Crippen molar-refractivity contribution in [3.63, 3.8) is 0 Å². The second-order valence-corrected chi connectivity index (χ2v) is 13.9. The molecular weight excluding hydrogens is 509 g/mol. The molecule has 2 fully saturated rings. The fourth-order valence-electron chi connectivity index (χ4n) is 4.16. The third kappa shape index (κ3) is 6.95. The summed E-state index contributed by atoms with van der Waals surface area (Å²) < 4.78 is 2.05. The Balaban J connectivity index is 1.40. The van der Waals surface area contributed by atoms with Crippen molar-refractivity contribution in [1.29, 1.82) is 0 Å². The standard InChI is InChI=1S/C24H30N2S6/c27-23(25-15-7-1-2-8-16-25)31-29-21-13-14-22(20-12-6-5-11-19(20)21)30-32-24(28)26-17-9-3-4-10-18-26/h5-6,11-14H,1-4,7-10,15-18H2. The maximum absolute atomic E-state index is 5.77. The van der Waals surface area contributed by atoms with Crippen LogP contribution in [-0.2, 0) is 0 Å². The molecular formula is C24H30N2S6. The van der Waals surface area contributed by atoms with Gasteiger partial charge in [-0.05, 0) is 91.8 Å². The Bertz CT molecular complexity index is 843. The molecule has 0 unspecified atom stereocenters. The Morgan fingerprint density at radius 3 is 1.31 bits per heavy atom. The normalized spacial score (nSPS) is 17.8. The summed E-state index contributed by atoms with van der Waals surface area (Å²) in [6.45, 7) is 4.43.